The summed E-state index contributed by atoms with van der Waals surface area (Å²) >= 11 is 0. The number of nitrogens with zero attached hydrogens (tertiary/aromatic N) is 1. The van der Waals surface area contributed by atoms with Crippen LogP contribution in [0.5, 0.6) is 0 Å². The molecule has 0 radical (unpaired) electrons. The van der Waals surface area contributed by atoms with Crippen LogP contribution in [-0.2, 0) is 10.0 Å². The highest BCUT2D eigenvalue weighted by Crippen LogP contribution is 2.18. The van der Waals surface area contributed by atoms with Crippen molar-refractivity contribution >= 4 is 22.4 Å². The first-order chi connectivity index (χ1) is 8.59. The van der Waals surface area contributed by atoms with Crippen LogP contribution < -0.4 is 10.0 Å². The topological polar surface area (TPSA) is 71.1 Å². The summed E-state index contributed by atoms with van der Waals surface area (Å²) in [4.78, 5) is 4.09. The Labute approximate surface area is 120 Å². The third-order valence-corrected chi connectivity index (χ3v) is 5.00. The molecule has 0 bridgehead atoms. The molecule has 2 rings (SSSR count). The molecule has 1 aromatic heterocycles. The van der Waals surface area contributed by atoms with Crippen LogP contribution >= 0.6 is 12.4 Å². The van der Waals surface area contributed by atoms with Crippen LogP contribution in [0.25, 0.3) is 0 Å². The van der Waals surface area contributed by atoms with E-state index in [0.29, 0.717) is 12.2 Å². The van der Waals surface area contributed by atoms with Gasteiger partial charge in [-0.15, -0.1) is 12.4 Å². The fraction of sp³-hybridized carbons (Fsp3) is 0.583. The maximum atomic E-state index is 12.1. The van der Waals surface area contributed by atoms with E-state index in [1.165, 1.54) is 0 Å². The molecule has 7 heteroatoms. The number of halogens is 1. The first kappa shape index (κ1) is 16.4. The van der Waals surface area contributed by atoms with Gasteiger partial charge in [0.05, 0.1) is 5.69 Å². The van der Waals surface area contributed by atoms with E-state index in [1.807, 2.05) is 0 Å². The molecule has 5 nitrogen and oxygen atoms in total. The molecule has 1 aliphatic rings. The Kier molecular flexibility index (Phi) is 6.19. The molecule has 0 aliphatic carbocycles. The van der Waals surface area contributed by atoms with Gasteiger partial charge in [0.1, 0.15) is 5.25 Å². The lowest BCUT2D eigenvalue weighted by atomic mass is 10.2. The van der Waals surface area contributed by atoms with Crippen LogP contribution in [0.2, 0.25) is 0 Å². The molecule has 108 valence electrons. The summed E-state index contributed by atoms with van der Waals surface area (Å²) < 4.78 is 26.9. The monoisotopic (exact) mass is 305 g/mol. The normalized spacial score (nSPS) is 20.8. The third kappa shape index (κ3) is 4.42. The van der Waals surface area contributed by atoms with E-state index in [0.717, 1.165) is 19.4 Å². The standard InChI is InChI=1S/C12H19N3O2S.ClH/c1-10(12-6-2-3-7-14-12)18(16,17)15-9-11-5-4-8-13-11;/h2-3,6-7,10-11,13,15H,4-5,8-9H2,1H3;1H. The molecule has 0 saturated carbocycles. The molecule has 0 aromatic carbocycles. The van der Waals surface area contributed by atoms with E-state index in [9.17, 15) is 8.42 Å². The zero-order chi connectivity index (χ0) is 13.0. The highest BCUT2D eigenvalue weighted by Gasteiger charge is 2.25. The van der Waals surface area contributed by atoms with Crippen molar-refractivity contribution in [2.75, 3.05) is 13.1 Å². The number of pyridine rings is 1. The average molecular weight is 306 g/mol. The van der Waals surface area contributed by atoms with Gasteiger partial charge in [0.2, 0.25) is 10.0 Å². The van der Waals surface area contributed by atoms with Crippen molar-refractivity contribution in [1.29, 1.82) is 0 Å². The van der Waals surface area contributed by atoms with Crippen molar-refractivity contribution in [1.82, 2.24) is 15.0 Å². The van der Waals surface area contributed by atoms with Gasteiger partial charge in [0, 0.05) is 18.8 Å². The molecular formula is C12H20ClN3O2S. The smallest absolute Gasteiger partial charge is 0.220 e. The summed E-state index contributed by atoms with van der Waals surface area (Å²) in [5, 5.41) is 2.64. The molecule has 2 unspecified atom stereocenters. The lowest BCUT2D eigenvalue weighted by Crippen LogP contribution is -2.38. The number of sulfonamides is 1. The van der Waals surface area contributed by atoms with E-state index in [4.69, 9.17) is 0 Å². The van der Waals surface area contributed by atoms with Gasteiger partial charge in [0.15, 0.2) is 0 Å². The molecule has 2 N–H and O–H groups in total. The van der Waals surface area contributed by atoms with Crippen LogP contribution in [0.4, 0.5) is 0 Å². The Morgan fingerprint density at radius 1 is 1.53 bits per heavy atom. The van der Waals surface area contributed by atoms with E-state index in [1.54, 1.807) is 31.3 Å². The Hall–Kier alpha value is -0.690. The fourth-order valence-corrected chi connectivity index (χ4v) is 3.19. The lowest BCUT2D eigenvalue weighted by molar-refractivity contribution is 0.543. The van der Waals surface area contributed by atoms with Gasteiger partial charge in [-0.05, 0) is 38.4 Å². The Balaban J connectivity index is 0.00000180. The van der Waals surface area contributed by atoms with Crippen molar-refractivity contribution in [3.63, 3.8) is 0 Å². The minimum absolute atomic E-state index is 0. The van der Waals surface area contributed by atoms with Gasteiger partial charge in [-0.2, -0.15) is 0 Å². The molecular weight excluding hydrogens is 286 g/mol. The minimum atomic E-state index is -3.35. The predicted molar refractivity (Wildman–Crippen MR) is 77.8 cm³/mol. The fourth-order valence-electron chi connectivity index (χ4n) is 2.05. The van der Waals surface area contributed by atoms with Gasteiger partial charge < -0.3 is 5.32 Å². The zero-order valence-corrected chi connectivity index (χ0v) is 12.5. The second-order valence-electron chi connectivity index (χ2n) is 4.58. The Bertz CT molecular complexity index is 475. The van der Waals surface area contributed by atoms with Crippen molar-refractivity contribution in [3.8, 4) is 0 Å². The van der Waals surface area contributed by atoms with Gasteiger partial charge >= 0.3 is 0 Å². The number of rotatable bonds is 5. The number of hydrogen-bond acceptors (Lipinski definition) is 4. The van der Waals surface area contributed by atoms with Gasteiger partial charge in [0.25, 0.3) is 0 Å². The molecule has 19 heavy (non-hydrogen) atoms. The number of aromatic nitrogens is 1. The summed E-state index contributed by atoms with van der Waals surface area (Å²) in [7, 11) is -3.35. The maximum Gasteiger partial charge on any atom is 0.220 e. The SMILES string of the molecule is CC(c1ccccn1)S(=O)(=O)NCC1CCCN1.Cl. The second-order valence-corrected chi connectivity index (χ2v) is 6.67. The highest BCUT2D eigenvalue weighted by molar-refractivity contribution is 7.89. The lowest BCUT2D eigenvalue weighted by Gasteiger charge is -2.16. The van der Waals surface area contributed by atoms with Crippen molar-refractivity contribution in [3.05, 3.63) is 30.1 Å². The first-order valence-corrected chi connectivity index (χ1v) is 7.77. The molecule has 0 amide bonds. The van der Waals surface area contributed by atoms with E-state index < -0.39 is 15.3 Å². The van der Waals surface area contributed by atoms with Gasteiger partial charge in [-0.25, -0.2) is 13.1 Å². The summed E-state index contributed by atoms with van der Waals surface area (Å²) in [5.74, 6) is 0. The minimum Gasteiger partial charge on any atom is -0.313 e. The van der Waals surface area contributed by atoms with Crippen LogP contribution in [0, 0.1) is 0 Å². The van der Waals surface area contributed by atoms with Crippen LogP contribution in [0.15, 0.2) is 24.4 Å². The predicted octanol–water partition coefficient (Wildman–Crippen LogP) is 1.24. The van der Waals surface area contributed by atoms with Crippen LogP contribution in [-0.4, -0.2) is 32.5 Å². The second kappa shape index (κ2) is 7.19. The molecule has 1 saturated heterocycles. The summed E-state index contributed by atoms with van der Waals surface area (Å²) in [6.07, 6.45) is 3.75. The molecule has 1 aromatic rings. The Morgan fingerprint density at radius 3 is 2.89 bits per heavy atom. The van der Waals surface area contributed by atoms with E-state index in [2.05, 4.69) is 15.0 Å². The highest BCUT2D eigenvalue weighted by atomic mass is 35.5. The summed E-state index contributed by atoms with van der Waals surface area (Å²) in [6.45, 7) is 3.09. The zero-order valence-electron chi connectivity index (χ0n) is 10.9. The maximum absolute atomic E-state index is 12.1. The van der Waals surface area contributed by atoms with E-state index >= 15 is 0 Å². The molecule has 0 spiro atoms. The average Bonchev–Trinajstić information content (AvgIpc) is 2.90. The van der Waals surface area contributed by atoms with Crippen LogP contribution in [0.3, 0.4) is 0 Å². The Morgan fingerprint density at radius 2 is 2.32 bits per heavy atom. The van der Waals surface area contributed by atoms with E-state index in [-0.39, 0.29) is 18.4 Å². The third-order valence-electron chi connectivity index (χ3n) is 3.26. The molecule has 1 fully saturated rings. The largest absolute Gasteiger partial charge is 0.313 e. The van der Waals surface area contributed by atoms with Gasteiger partial charge in [-0.3, -0.25) is 4.98 Å². The van der Waals surface area contributed by atoms with Gasteiger partial charge in [-0.1, -0.05) is 6.07 Å². The van der Waals surface area contributed by atoms with Crippen LogP contribution in [0.1, 0.15) is 30.7 Å². The first-order valence-electron chi connectivity index (χ1n) is 6.22. The quantitative estimate of drug-likeness (QED) is 0.858. The summed E-state index contributed by atoms with van der Waals surface area (Å²) in [6, 6.07) is 5.57. The number of hydrogen-bond donors (Lipinski definition) is 2. The number of nitrogens with one attached hydrogen (secondary N) is 2. The van der Waals surface area contributed by atoms with Crippen molar-refractivity contribution in [2.24, 2.45) is 0 Å². The molecule has 2 heterocycles. The molecule has 2 atom stereocenters. The summed E-state index contributed by atoms with van der Waals surface area (Å²) in [5.41, 5.74) is 0.574. The van der Waals surface area contributed by atoms with Crippen molar-refractivity contribution in [2.45, 2.75) is 31.1 Å². The van der Waals surface area contributed by atoms with Crippen molar-refractivity contribution < 1.29 is 8.42 Å². The molecule has 1 aliphatic heterocycles.